The molecule has 1 aliphatic carbocycles. The number of benzene rings is 2. The number of para-hydroxylation sites is 2. The van der Waals surface area contributed by atoms with Crippen molar-refractivity contribution in [3.63, 3.8) is 0 Å². The highest BCUT2D eigenvalue weighted by atomic mass is 16.6. The number of methoxy groups -OCH3 is 1. The van der Waals surface area contributed by atoms with Gasteiger partial charge in [-0.05, 0) is 56.0 Å². The molecule has 1 aliphatic heterocycles. The summed E-state index contributed by atoms with van der Waals surface area (Å²) in [5, 5.41) is 5.94. The van der Waals surface area contributed by atoms with Crippen molar-refractivity contribution in [1.29, 1.82) is 0 Å². The number of Topliss-reactive ketones (excluding diaryl/α,β-unsaturated/α-hetero) is 1. The average molecular weight is 618 g/mol. The van der Waals surface area contributed by atoms with Crippen LogP contribution in [0.3, 0.4) is 0 Å². The number of ketones is 1. The fourth-order valence-electron chi connectivity index (χ4n) is 6.29. The fourth-order valence-corrected chi connectivity index (χ4v) is 6.29. The second kappa shape index (κ2) is 13.8. The molecule has 2 fully saturated rings. The molecule has 11 nitrogen and oxygen atoms in total. The number of fused-ring (bicyclic) bond motifs is 1. The van der Waals surface area contributed by atoms with E-state index in [1.165, 1.54) is 4.90 Å². The van der Waals surface area contributed by atoms with E-state index in [9.17, 15) is 19.2 Å². The highest BCUT2D eigenvalue weighted by molar-refractivity contribution is 5.97. The van der Waals surface area contributed by atoms with Gasteiger partial charge in [0.05, 0.1) is 30.8 Å². The van der Waals surface area contributed by atoms with Gasteiger partial charge < -0.3 is 29.6 Å². The molecule has 4 atom stereocenters. The first-order chi connectivity index (χ1) is 21.6. The molecule has 2 N–H and O–H groups in total. The largest absolute Gasteiger partial charge is 0.497 e. The number of amides is 3. The van der Waals surface area contributed by atoms with Crippen molar-refractivity contribution < 1.29 is 28.7 Å². The molecule has 0 radical (unpaired) electrons. The van der Waals surface area contributed by atoms with Crippen molar-refractivity contribution in [2.24, 2.45) is 13.0 Å². The van der Waals surface area contributed by atoms with Gasteiger partial charge in [-0.25, -0.2) is 4.98 Å². The summed E-state index contributed by atoms with van der Waals surface area (Å²) in [6, 6.07) is 12.6. The molecule has 1 saturated carbocycles. The van der Waals surface area contributed by atoms with Crippen LogP contribution in [0, 0.1) is 5.92 Å². The van der Waals surface area contributed by atoms with E-state index in [4.69, 9.17) is 9.47 Å². The topological polar surface area (TPSA) is 135 Å². The smallest absolute Gasteiger partial charge is 0.287 e. The predicted octanol–water partition coefficient (Wildman–Crippen LogP) is 3.19. The molecule has 2 heterocycles. The first kappa shape index (κ1) is 32.2. The van der Waals surface area contributed by atoms with Crippen LogP contribution in [0.5, 0.6) is 5.75 Å². The molecule has 2 aromatic carbocycles. The van der Waals surface area contributed by atoms with Crippen LogP contribution in [0.1, 0.15) is 62.1 Å². The van der Waals surface area contributed by atoms with E-state index in [0.29, 0.717) is 36.6 Å². The Morgan fingerprint density at radius 3 is 2.44 bits per heavy atom. The lowest BCUT2D eigenvalue weighted by molar-refractivity contribution is -0.136. The summed E-state index contributed by atoms with van der Waals surface area (Å²) in [6.45, 7) is 3.93. The van der Waals surface area contributed by atoms with E-state index >= 15 is 0 Å². The van der Waals surface area contributed by atoms with Gasteiger partial charge in [-0.2, -0.15) is 0 Å². The Morgan fingerprint density at radius 2 is 1.82 bits per heavy atom. The van der Waals surface area contributed by atoms with Crippen LogP contribution < -0.4 is 15.4 Å². The first-order valence-corrected chi connectivity index (χ1v) is 15.7. The number of nitrogens with one attached hydrogen (secondary N) is 2. The summed E-state index contributed by atoms with van der Waals surface area (Å²) in [4.78, 5) is 59.2. The number of carbonyl (C=O) groups excluding carboxylic acids is 4. The fraction of sp³-hybridized carbons (Fsp3) is 0.500. The van der Waals surface area contributed by atoms with E-state index in [0.717, 1.165) is 36.8 Å². The lowest BCUT2D eigenvalue weighted by Crippen LogP contribution is -2.56. The van der Waals surface area contributed by atoms with Crippen molar-refractivity contribution in [3.05, 3.63) is 59.9 Å². The van der Waals surface area contributed by atoms with Gasteiger partial charge in [0, 0.05) is 26.1 Å². The average Bonchev–Trinajstić information content (AvgIpc) is 3.42. The van der Waals surface area contributed by atoms with Crippen molar-refractivity contribution >= 4 is 35.0 Å². The molecule has 3 aromatic rings. The number of aryl methyl sites for hydroxylation is 1. The molecule has 11 heteroatoms. The lowest BCUT2D eigenvalue weighted by Gasteiger charge is -2.32. The van der Waals surface area contributed by atoms with Crippen molar-refractivity contribution in [2.75, 3.05) is 20.3 Å². The Balaban J connectivity index is 1.34. The number of epoxide rings is 1. The maximum Gasteiger partial charge on any atom is 0.287 e. The minimum absolute atomic E-state index is 0.0650. The SMILES string of the molecule is COc1ccc(CC(C(=O)NC(CC2CCCC2)C(=O)C2(C)CO2)N(C=O)CC(C)NC(=O)c2nc3ccccc3n2C)cc1. The highest BCUT2D eigenvalue weighted by Gasteiger charge is 2.50. The first-order valence-electron chi connectivity index (χ1n) is 15.7. The number of nitrogens with zero attached hydrogens (tertiary/aromatic N) is 3. The second-order valence-corrected chi connectivity index (χ2v) is 12.6. The third-order valence-corrected chi connectivity index (χ3v) is 9.05. The number of imidazole rings is 1. The highest BCUT2D eigenvalue weighted by Crippen LogP contribution is 2.33. The summed E-state index contributed by atoms with van der Waals surface area (Å²) in [5.41, 5.74) is 1.46. The number of ether oxygens (including phenoxy) is 2. The maximum atomic E-state index is 14.0. The summed E-state index contributed by atoms with van der Waals surface area (Å²) in [5.74, 6) is 0.325. The number of hydrogen-bond acceptors (Lipinski definition) is 7. The Hall–Kier alpha value is -4.25. The van der Waals surface area contributed by atoms with E-state index in [1.54, 1.807) is 44.7 Å². The summed E-state index contributed by atoms with van der Waals surface area (Å²) < 4.78 is 12.5. The van der Waals surface area contributed by atoms with Gasteiger partial charge in [-0.3, -0.25) is 19.2 Å². The van der Waals surface area contributed by atoms with E-state index in [1.807, 2.05) is 36.4 Å². The van der Waals surface area contributed by atoms with Crippen LogP contribution in [0.15, 0.2) is 48.5 Å². The van der Waals surface area contributed by atoms with Gasteiger partial charge >= 0.3 is 0 Å². The van der Waals surface area contributed by atoms with Crippen molar-refractivity contribution in [2.45, 2.75) is 76.1 Å². The third-order valence-electron chi connectivity index (χ3n) is 9.05. The second-order valence-electron chi connectivity index (χ2n) is 12.6. The number of rotatable bonds is 15. The number of hydrogen-bond donors (Lipinski definition) is 2. The molecule has 2 aliphatic rings. The van der Waals surface area contributed by atoms with Gasteiger partial charge in [0.15, 0.2) is 11.6 Å². The molecule has 45 heavy (non-hydrogen) atoms. The standard InChI is InChI=1S/C34H43N5O6/c1-22(35-33(43)31-36-26-11-7-8-12-28(26)38(31)3)19-39(21-40)29(18-24-13-15-25(44-4)16-14-24)32(42)37-27(17-23-9-5-6-10-23)30(41)34(2)20-45-34/h7-8,11-16,21-23,27,29H,5-6,9-10,17-20H2,1-4H3,(H,35,43)(H,37,42). The Morgan fingerprint density at radius 1 is 1.13 bits per heavy atom. The van der Waals surface area contributed by atoms with Gasteiger partial charge in [0.2, 0.25) is 12.3 Å². The third kappa shape index (κ3) is 7.53. The summed E-state index contributed by atoms with van der Waals surface area (Å²) >= 11 is 0. The van der Waals surface area contributed by atoms with E-state index in [-0.39, 0.29) is 30.5 Å². The summed E-state index contributed by atoms with van der Waals surface area (Å²) in [6.07, 6.45) is 5.66. The van der Waals surface area contributed by atoms with E-state index < -0.39 is 29.6 Å². The molecular formula is C34H43N5O6. The molecule has 1 saturated heterocycles. The van der Waals surface area contributed by atoms with Gasteiger partial charge in [-0.1, -0.05) is 49.9 Å². The van der Waals surface area contributed by atoms with Crippen LogP contribution in [-0.2, 0) is 32.6 Å². The zero-order valence-electron chi connectivity index (χ0n) is 26.5. The number of carbonyl (C=O) groups is 4. The zero-order chi connectivity index (χ0) is 32.1. The molecule has 0 spiro atoms. The maximum absolute atomic E-state index is 14.0. The normalized spacial score (nSPS) is 19.8. The number of aromatic nitrogens is 2. The minimum Gasteiger partial charge on any atom is -0.497 e. The molecule has 0 bridgehead atoms. The monoisotopic (exact) mass is 617 g/mol. The molecule has 1 aromatic heterocycles. The Kier molecular flexibility index (Phi) is 9.86. The summed E-state index contributed by atoms with van der Waals surface area (Å²) in [7, 11) is 3.35. The van der Waals surface area contributed by atoms with Crippen molar-refractivity contribution in [1.82, 2.24) is 25.1 Å². The van der Waals surface area contributed by atoms with Gasteiger partial charge in [0.25, 0.3) is 5.91 Å². The van der Waals surface area contributed by atoms with Crippen LogP contribution in [0.25, 0.3) is 11.0 Å². The van der Waals surface area contributed by atoms with Crippen LogP contribution in [-0.4, -0.2) is 82.4 Å². The molecule has 240 valence electrons. The molecule has 5 rings (SSSR count). The molecule has 4 unspecified atom stereocenters. The Labute approximate surface area is 263 Å². The minimum atomic E-state index is -0.933. The lowest BCUT2D eigenvalue weighted by atomic mass is 9.90. The van der Waals surface area contributed by atoms with Gasteiger partial charge in [0.1, 0.15) is 17.4 Å². The molecule has 3 amide bonds. The van der Waals surface area contributed by atoms with Gasteiger partial charge in [-0.15, -0.1) is 0 Å². The quantitative estimate of drug-likeness (QED) is 0.198. The van der Waals surface area contributed by atoms with Crippen LogP contribution in [0.4, 0.5) is 0 Å². The van der Waals surface area contributed by atoms with Crippen LogP contribution >= 0.6 is 0 Å². The predicted molar refractivity (Wildman–Crippen MR) is 169 cm³/mol. The van der Waals surface area contributed by atoms with E-state index in [2.05, 4.69) is 15.6 Å². The van der Waals surface area contributed by atoms with Crippen molar-refractivity contribution in [3.8, 4) is 5.75 Å². The molecular weight excluding hydrogens is 574 g/mol. The Bertz CT molecular complexity index is 1530. The zero-order valence-corrected chi connectivity index (χ0v) is 26.5. The van der Waals surface area contributed by atoms with Crippen LogP contribution in [0.2, 0.25) is 0 Å².